The molecule has 0 aromatic heterocycles. The van der Waals surface area contributed by atoms with Gasteiger partial charge in [0, 0.05) is 12.4 Å². The lowest BCUT2D eigenvalue weighted by Crippen LogP contribution is -2.33. The average Bonchev–Trinajstić information content (AvgIpc) is 2.36. The number of aliphatic hydroxyl groups excluding tert-OH is 2. The Morgan fingerprint density at radius 1 is 0.688 bits per heavy atom. The third-order valence-electron chi connectivity index (χ3n) is 2.64. The second-order valence-corrected chi connectivity index (χ2v) is 3.56. The van der Waals surface area contributed by atoms with Crippen molar-refractivity contribution < 1.29 is 10.2 Å². The van der Waals surface area contributed by atoms with Gasteiger partial charge in [-0.3, -0.25) is 9.80 Å². The monoisotopic (exact) mass is 214 g/mol. The summed E-state index contributed by atoms with van der Waals surface area (Å²) in [7, 11) is 0. The van der Waals surface area contributed by atoms with Gasteiger partial charge in [0.1, 0.15) is 0 Å². The van der Waals surface area contributed by atoms with Crippen LogP contribution >= 0.6 is 0 Å². The fraction of sp³-hybridized carbons (Fsp3) is 0. The zero-order chi connectivity index (χ0) is 11.1. The molecule has 3 aliphatic rings. The summed E-state index contributed by atoms with van der Waals surface area (Å²) in [5.41, 5.74) is 1.66. The van der Waals surface area contributed by atoms with Crippen LogP contribution in [0.5, 0.6) is 0 Å². The maximum Gasteiger partial charge on any atom is 0.258 e. The van der Waals surface area contributed by atoms with E-state index < -0.39 is 0 Å². The highest BCUT2D eigenvalue weighted by Crippen LogP contribution is 2.33. The first-order valence-corrected chi connectivity index (χ1v) is 4.94. The van der Waals surface area contributed by atoms with Crippen molar-refractivity contribution in [2.45, 2.75) is 0 Å². The van der Waals surface area contributed by atoms with Gasteiger partial charge < -0.3 is 10.2 Å². The molecule has 16 heavy (non-hydrogen) atoms. The van der Waals surface area contributed by atoms with E-state index >= 15 is 0 Å². The maximum absolute atomic E-state index is 9.85. The van der Waals surface area contributed by atoms with Gasteiger partial charge in [0.15, 0.2) is 0 Å². The van der Waals surface area contributed by atoms with Crippen LogP contribution in [0.3, 0.4) is 0 Å². The van der Waals surface area contributed by atoms with Crippen molar-refractivity contribution in [2.24, 2.45) is 0 Å². The average molecular weight is 214 g/mol. The fourth-order valence-electron chi connectivity index (χ4n) is 1.89. The molecule has 2 N–H and O–H groups in total. The lowest BCUT2D eigenvalue weighted by Gasteiger charge is -2.35. The number of allylic oxidation sites excluding steroid dienone is 6. The molecule has 0 spiro atoms. The van der Waals surface area contributed by atoms with Gasteiger partial charge in [-0.1, -0.05) is 12.2 Å². The maximum atomic E-state index is 9.85. The molecule has 0 radical (unpaired) electrons. The Balaban J connectivity index is 2.20. The molecule has 4 nitrogen and oxygen atoms in total. The van der Waals surface area contributed by atoms with Gasteiger partial charge in [0.25, 0.3) is 11.8 Å². The molecule has 0 atom stereocenters. The number of nitrogens with zero attached hydrogens (tertiary/aromatic N) is 2. The van der Waals surface area contributed by atoms with Crippen molar-refractivity contribution in [1.29, 1.82) is 0 Å². The van der Waals surface area contributed by atoms with Gasteiger partial charge in [-0.15, -0.1) is 0 Å². The van der Waals surface area contributed by atoms with E-state index in [4.69, 9.17) is 0 Å². The summed E-state index contributed by atoms with van der Waals surface area (Å²) in [6.07, 6.45) is 14.5. The first kappa shape index (κ1) is 8.91. The van der Waals surface area contributed by atoms with Crippen LogP contribution in [0, 0.1) is 0 Å². The van der Waals surface area contributed by atoms with E-state index in [9.17, 15) is 10.2 Å². The molecule has 3 aliphatic heterocycles. The molecule has 0 bridgehead atoms. The van der Waals surface area contributed by atoms with E-state index in [-0.39, 0.29) is 11.8 Å². The van der Waals surface area contributed by atoms with Crippen molar-refractivity contribution in [2.75, 3.05) is 0 Å². The molecule has 0 unspecified atom stereocenters. The standard InChI is InChI=1S/C12H10N2O2/c15-11-12(16)14-8-4-2-6-10(14)9-5-1-3-7-13(9)11/h1-8,15-16H. The Morgan fingerprint density at radius 3 is 1.56 bits per heavy atom. The summed E-state index contributed by atoms with van der Waals surface area (Å²) in [5, 5.41) is 19.7. The van der Waals surface area contributed by atoms with Gasteiger partial charge in [-0.2, -0.15) is 0 Å². The van der Waals surface area contributed by atoms with Crippen LogP contribution in [0.15, 0.2) is 72.0 Å². The molecule has 0 saturated carbocycles. The first-order chi connectivity index (χ1) is 7.79. The molecule has 0 saturated heterocycles. The number of hydrogen-bond donors (Lipinski definition) is 2. The van der Waals surface area contributed by atoms with E-state index in [1.807, 2.05) is 24.3 Å². The lowest BCUT2D eigenvalue weighted by atomic mass is 10.1. The Bertz CT molecular complexity index is 475. The minimum absolute atomic E-state index is 0.167. The third kappa shape index (κ3) is 1.04. The van der Waals surface area contributed by atoms with E-state index in [1.54, 1.807) is 34.4 Å². The second-order valence-electron chi connectivity index (χ2n) is 3.56. The highest BCUT2D eigenvalue weighted by atomic mass is 16.3. The molecule has 3 heterocycles. The van der Waals surface area contributed by atoms with Gasteiger partial charge in [0.2, 0.25) is 0 Å². The molecule has 0 aliphatic carbocycles. The van der Waals surface area contributed by atoms with Crippen LogP contribution in [0.25, 0.3) is 0 Å². The van der Waals surface area contributed by atoms with E-state index in [0.717, 1.165) is 11.4 Å². The van der Waals surface area contributed by atoms with Gasteiger partial charge in [0.05, 0.1) is 11.4 Å². The normalized spacial score (nSPS) is 21.8. The van der Waals surface area contributed by atoms with Crippen molar-refractivity contribution in [3.05, 3.63) is 72.0 Å². The van der Waals surface area contributed by atoms with Gasteiger partial charge in [-0.05, 0) is 24.3 Å². The predicted octanol–water partition coefficient (Wildman–Crippen LogP) is 2.23. The second kappa shape index (κ2) is 3.06. The molecular weight excluding hydrogens is 204 g/mol. The van der Waals surface area contributed by atoms with Crippen LogP contribution in [0.4, 0.5) is 0 Å². The topological polar surface area (TPSA) is 46.9 Å². The first-order valence-electron chi connectivity index (χ1n) is 4.94. The summed E-state index contributed by atoms with van der Waals surface area (Å²) in [6.45, 7) is 0. The number of hydrogen-bond acceptors (Lipinski definition) is 4. The fourth-order valence-corrected chi connectivity index (χ4v) is 1.89. The highest BCUT2D eigenvalue weighted by molar-refractivity contribution is 5.46. The van der Waals surface area contributed by atoms with E-state index in [1.165, 1.54) is 0 Å². The summed E-state index contributed by atoms with van der Waals surface area (Å²) in [4.78, 5) is 3.09. The Hall–Kier alpha value is -2.36. The summed E-state index contributed by atoms with van der Waals surface area (Å²) in [6, 6.07) is 0. The third-order valence-corrected chi connectivity index (χ3v) is 2.64. The summed E-state index contributed by atoms with van der Waals surface area (Å²) >= 11 is 0. The van der Waals surface area contributed by atoms with Crippen LogP contribution in [0.2, 0.25) is 0 Å². The Kier molecular flexibility index (Phi) is 1.71. The quantitative estimate of drug-likeness (QED) is 0.649. The van der Waals surface area contributed by atoms with Crippen molar-refractivity contribution in [1.82, 2.24) is 9.80 Å². The van der Waals surface area contributed by atoms with Gasteiger partial charge >= 0.3 is 0 Å². The Morgan fingerprint density at radius 2 is 1.12 bits per heavy atom. The zero-order valence-electron chi connectivity index (χ0n) is 8.41. The Labute approximate surface area is 92.7 Å². The molecule has 3 rings (SSSR count). The van der Waals surface area contributed by atoms with Crippen LogP contribution in [-0.4, -0.2) is 20.0 Å². The molecule has 0 fully saturated rings. The number of aliphatic hydroxyl groups is 2. The lowest BCUT2D eigenvalue weighted by molar-refractivity contribution is 0.175. The van der Waals surface area contributed by atoms with E-state index in [2.05, 4.69) is 0 Å². The van der Waals surface area contributed by atoms with Crippen molar-refractivity contribution >= 4 is 0 Å². The largest absolute Gasteiger partial charge is 0.490 e. The van der Waals surface area contributed by atoms with Crippen molar-refractivity contribution in [3.63, 3.8) is 0 Å². The van der Waals surface area contributed by atoms with Gasteiger partial charge in [-0.25, -0.2) is 0 Å². The predicted molar refractivity (Wildman–Crippen MR) is 59.5 cm³/mol. The van der Waals surface area contributed by atoms with E-state index in [0.29, 0.717) is 0 Å². The SMILES string of the molecule is OC1=C(O)N2C=CC=CC2=C2C=CC=CN12. The van der Waals surface area contributed by atoms with Crippen LogP contribution in [-0.2, 0) is 0 Å². The molecule has 0 aromatic carbocycles. The highest BCUT2D eigenvalue weighted by Gasteiger charge is 2.30. The molecule has 80 valence electrons. The number of fused-ring (bicyclic) bond motifs is 2. The smallest absolute Gasteiger partial charge is 0.258 e. The minimum atomic E-state index is -0.167. The van der Waals surface area contributed by atoms with Crippen molar-refractivity contribution in [3.8, 4) is 0 Å². The van der Waals surface area contributed by atoms with Crippen LogP contribution < -0.4 is 0 Å². The summed E-state index contributed by atoms with van der Waals surface area (Å²) in [5.74, 6) is -0.335. The molecular formula is C12H10N2O2. The summed E-state index contributed by atoms with van der Waals surface area (Å²) < 4.78 is 0. The molecule has 0 amide bonds. The minimum Gasteiger partial charge on any atom is -0.490 e. The van der Waals surface area contributed by atoms with Crippen LogP contribution in [0.1, 0.15) is 0 Å². The number of rotatable bonds is 0. The molecule has 4 heteroatoms. The zero-order valence-corrected chi connectivity index (χ0v) is 8.41. The molecule has 0 aromatic rings.